The summed E-state index contributed by atoms with van der Waals surface area (Å²) in [7, 11) is 1.83. The van der Waals surface area contributed by atoms with E-state index in [9.17, 15) is 9.59 Å². The summed E-state index contributed by atoms with van der Waals surface area (Å²) in [6.07, 6.45) is 3.94. The molecular weight excluding hydrogens is 216 g/mol. The number of piperidine rings is 1. The van der Waals surface area contributed by atoms with Crippen LogP contribution in [0.5, 0.6) is 0 Å². The molecule has 0 aromatic carbocycles. The monoisotopic (exact) mass is 240 g/mol. The molecule has 1 aliphatic heterocycles. The molecule has 0 N–H and O–H groups in total. The third kappa shape index (κ3) is 4.46. The van der Waals surface area contributed by atoms with Crippen molar-refractivity contribution < 1.29 is 9.59 Å². The molecule has 98 valence electrons. The zero-order chi connectivity index (χ0) is 12.8. The number of Topliss-reactive ketones (excluding diaryl/α,β-unsaturated/α-hetero) is 1. The highest BCUT2D eigenvalue weighted by Crippen LogP contribution is 2.19. The van der Waals surface area contributed by atoms with E-state index in [0.717, 1.165) is 25.9 Å². The lowest BCUT2D eigenvalue weighted by Crippen LogP contribution is -2.46. The van der Waals surface area contributed by atoms with Crippen molar-refractivity contribution in [1.82, 2.24) is 9.80 Å². The quantitative estimate of drug-likeness (QED) is 0.727. The van der Waals surface area contributed by atoms with Crippen LogP contribution in [0.4, 0.5) is 0 Å². The Morgan fingerprint density at radius 1 is 1.35 bits per heavy atom. The summed E-state index contributed by atoms with van der Waals surface area (Å²) in [5.41, 5.74) is 0. The average Bonchev–Trinajstić information content (AvgIpc) is 2.29. The first kappa shape index (κ1) is 14.2. The van der Waals surface area contributed by atoms with Gasteiger partial charge in [0.1, 0.15) is 5.78 Å². The topological polar surface area (TPSA) is 40.6 Å². The number of carbonyl (C=O) groups is 2. The van der Waals surface area contributed by atoms with Crippen LogP contribution in [-0.2, 0) is 9.59 Å². The number of hydrogen-bond donors (Lipinski definition) is 0. The Balaban J connectivity index is 2.53. The van der Waals surface area contributed by atoms with Gasteiger partial charge in [0.05, 0.1) is 6.54 Å². The Hall–Kier alpha value is -0.900. The number of nitrogens with zero attached hydrogens (tertiary/aromatic N) is 2. The summed E-state index contributed by atoms with van der Waals surface area (Å²) < 4.78 is 0. The van der Waals surface area contributed by atoms with E-state index in [2.05, 4.69) is 4.90 Å². The fourth-order valence-corrected chi connectivity index (χ4v) is 2.30. The summed E-state index contributed by atoms with van der Waals surface area (Å²) in [6, 6.07) is 0.274. The number of ketones is 1. The van der Waals surface area contributed by atoms with Crippen LogP contribution in [0.2, 0.25) is 0 Å². The van der Waals surface area contributed by atoms with Crippen molar-refractivity contribution in [2.24, 2.45) is 0 Å². The number of amides is 1. The second-order valence-electron chi connectivity index (χ2n) is 4.93. The predicted octanol–water partition coefficient (Wildman–Crippen LogP) is 1.30. The van der Waals surface area contributed by atoms with E-state index >= 15 is 0 Å². The highest BCUT2D eigenvalue weighted by Gasteiger charge is 2.25. The number of carbonyl (C=O) groups excluding carboxylic acids is 2. The van der Waals surface area contributed by atoms with E-state index in [0.29, 0.717) is 13.0 Å². The average molecular weight is 240 g/mol. The molecule has 1 fully saturated rings. The van der Waals surface area contributed by atoms with Gasteiger partial charge in [-0.3, -0.25) is 14.5 Å². The van der Waals surface area contributed by atoms with Crippen LogP contribution >= 0.6 is 0 Å². The van der Waals surface area contributed by atoms with Crippen LogP contribution in [0.3, 0.4) is 0 Å². The molecule has 1 atom stereocenters. The molecule has 4 heteroatoms. The van der Waals surface area contributed by atoms with Gasteiger partial charge >= 0.3 is 0 Å². The minimum absolute atomic E-state index is 0.156. The highest BCUT2D eigenvalue weighted by atomic mass is 16.2. The van der Waals surface area contributed by atoms with Crippen molar-refractivity contribution in [3.8, 4) is 0 Å². The van der Waals surface area contributed by atoms with Crippen LogP contribution in [0.1, 0.15) is 39.5 Å². The lowest BCUT2D eigenvalue weighted by Gasteiger charge is -2.35. The lowest BCUT2D eigenvalue weighted by molar-refractivity contribution is -0.132. The Bertz CT molecular complexity index is 279. The minimum Gasteiger partial charge on any atom is -0.345 e. The van der Waals surface area contributed by atoms with E-state index in [-0.39, 0.29) is 17.7 Å². The molecule has 0 bridgehead atoms. The third-order valence-electron chi connectivity index (χ3n) is 3.51. The zero-order valence-electron chi connectivity index (χ0n) is 11.2. The number of hydrogen-bond acceptors (Lipinski definition) is 3. The van der Waals surface area contributed by atoms with Gasteiger partial charge in [0.25, 0.3) is 0 Å². The first-order chi connectivity index (χ1) is 8.04. The van der Waals surface area contributed by atoms with Crippen LogP contribution in [0, 0.1) is 0 Å². The van der Waals surface area contributed by atoms with E-state index in [1.807, 2.05) is 14.0 Å². The van der Waals surface area contributed by atoms with Crippen molar-refractivity contribution >= 4 is 11.7 Å². The first-order valence-electron chi connectivity index (χ1n) is 6.52. The third-order valence-corrected chi connectivity index (χ3v) is 3.51. The van der Waals surface area contributed by atoms with E-state index in [4.69, 9.17) is 0 Å². The maximum Gasteiger partial charge on any atom is 0.236 e. The molecule has 0 aromatic heterocycles. The standard InChI is InChI=1S/C13H24N2O2/c1-4-14(3)13(17)10-15-8-6-5-7-12(15)9-11(2)16/h12H,4-10H2,1-3H3. The zero-order valence-corrected chi connectivity index (χ0v) is 11.2. The molecule has 1 saturated heterocycles. The summed E-state index contributed by atoms with van der Waals surface area (Å²) >= 11 is 0. The van der Waals surface area contributed by atoms with Gasteiger partial charge in [-0.25, -0.2) is 0 Å². The van der Waals surface area contributed by atoms with Gasteiger partial charge in [0, 0.05) is 26.1 Å². The van der Waals surface area contributed by atoms with Gasteiger partial charge in [0.2, 0.25) is 5.91 Å². The number of likely N-dealkylation sites (N-methyl/N-ethyl adjacent to an activating group) is 1. The molecule has 0 aromatic rings. The Kier molecular flexibility index (Phi) is 5.62. The van der Waals surface area contributed by atoms with Gasteiger partial charge < -0.3 is 4.90 Å². The van der Waals surface area contributed by atoms with Crippen LogP contribution in [0.25, 0.3) is 0 Å². The van der Waals surface area contributed by atoms with Crippen LogP contribution in [-0.4, -0.2) is 54.2 Å². The predicted molar refractivity (Wildman–Crippen MR) is 67.8 cm³/mol. The smallest absolute Gasteiger partial charge is 0.236 e. The van der Waals surface area contributed by atoms with Gasteiger partial charge in [-0.15, -0.1) is 0 Å². The minimum atomic E-state index is 0.156. The molecule has 0 saturated carbocycles. The Morgan fingerprint density at radius 2 is 2.06 bits per heavy atom. The SMILES string of the molecule is CCN(C)C(=O)CN1CCCCC1CC(C)=O. The molecule has 1 unspecified atom stereocenters. The van der Waals surface area contributed by atoms with E-state index in [1.165, 1.54) is 6.42 Å². The molecule has 1 amide bonds. The Labute approximate surface area is 104 Å². The van der Waals surface area contributed by atoms with Gasteiger partial charge in [-0.05, 0) is 33.2 Å². The normalized spacial score (nSPS) is 21.2. The molecule has 1 aliphatic rings. The van der Waals surface area contributed by atoms with E-state index < -0.39 is 0 Å². The fourth-order valence-electron chi connectivity index (χ4n) is 2.30. The number of likely N-dealkylation sites (tertiary alicyclic amines) is 1. The molecule has 1 heterocycles. The molecule has 0 aliphatic carbocycles. The maximum absolute atomic E-state index is 11.9. The van der Waals surface area contributed by atoms with Crippen LogP contribution < -0.4 is 0 Å². The Morgan fingerprint density at radius 3 is 2.65 bits per heavy atom. The second-order valence-corrected chi connectivity index (χ2v) is 4.93. The van der Waals surface area contributed by atoms with Gasteiger partial charge in [0.15, 0.2) is 0 Å². The first-order valence-corrected chi connectivity index (χ1v) is 6.52. The van der Waals surface area contributed by atoms with E-state index in [1.54, 1.807) is 11.8 Å². The van der Waals surface area contributed by atoms with Crippen molar-refractivity contribution in [3.05, 3.63) is 0 Å². The van der Waals surface area contributed by atoms with Crippen LogP contribution in [0.15, 0.2) is 0 Å². The van der Waals surface area contributed by atoms with Gasteiger partial charge in [-0.2, -0.15) is 0 Å². The van der Waals surface area contributed by atoms with Crippen molar-refractivity contribution in [1.29, 1.82) is 0 Å². The van der Waals surface area contributed by atoms with Crippen molar-refractivity contribution in [3.63, 3.8) is 0 Å². The summed E-state index contributed by atoms with van der Waals surface area (Å²) in [5.74, 6) is 0.376. The molecular formula is C13H24N2O2. The highest BCUT2D eigenvalue weighted by molar-refractivity contribution is 5.78. The molecule has 17 heavy (non-hydrogen) atoms. The second kappa shape index (κ2) is 6.74. The number of rotatable bonds is 5. The van der Waals surface area contributed by atoms with Crippen molar-refractivity contribution in [2.45, 2.75) is 45.6 Å². The fraction of sp³-hybridized carbons (Fsp3) is 0.846. The molecule has 4 nitrogen and oxygen atoms in total. The molecule has 1 rings (SSSR count). The molecule has 0 radical (unpaired) electrons. The largest absolute Gasteiger partial charge is 0.345 e. The van der Waals surface area contributed by atoms with Crippen molar-refractivity contribution in [2.75, 3.05) is 26.7 Å². The van der Waals surface area contributed by atoms with Gasteiger partial charge in [-0.1, -0.05) is 6.42 Å². The molecule has 0 spiro atoms. The lowest BCUT2D eigenvalue weighted by atomic mass is 9.98. The summed E-state index contributed by atoms with van der Waals surface area (Å²) in [5, 5.41) is 0. The summed E-state index contributed by atoms with van der Waals surface area (Å²) in [4.78, 5) is 27.0. The maximum atomic E-state index is 11.9. The summed E-state index contributed by atoms with van der Waals surface area (Å²) in [6.45, 7) is 5.75.